The van der Waals surface area contributed by atoms with Crippen molar-refractivity contribution in [3.63, 3.8) is 0 Å². The third kappa shape index (κ3) is 3.23. The summed E-state index contributed by atoms with van der Waals surface area (Å²) in [6.45, 7) is 0. The minimum atomic E-state index is -0.885. The highest BCUT2D eigenvalue weighted by atomic mass is 16.5. The maximum atomic E-state index is 10.5. The van der Waals surface area contributed by atoms with Gasteiger partial charge in [0.2, 0.25) is 0 Å². The number of aliphatic hydroxyl groups excluding tert-OH is 1. The van der Waals surface area contributed by atoms with E-state index in [4.69, 9.17) is 9.93 Å². The Labute approximate surface area is 161 Å². The molecule has 3 aromatic heterocycles. The van der Waals surface area contributed by atoms with Gasteiger partial charge in [0.05, 0.1) is 5.92 Å². The average Bonchev–Trinajstić information content (AvgIpc) is 3.38. The normalized spacial score (nSPS) is 13.8. The lowest BCUT2D eigenvalue weighted by atomic mass is 10.0. The predicted molar refractivity (Wildman–Crippen MR) is 108 cm³/mol. The molecule has 0 aliphatic heterocycles. The van der Waals surface area contributed by atoms with E-state index in [0.717, 1.165) is 22.1 Å². The summed E-state index contributed by atoms with van der Waals surface area (Å²) in [6, 6.07) is 13.0. The van der Waals surface area contributed by atoms with Gasteiger partial charge in [-0.05, 0) is 17.2 Å². The Kier molecular flexibility index (Phi) is 4.82. The largest absolute Gasteiger partial charge is 0.380 e. The third-order valence-electron chi connectivity index (χ3n) is 4.62. The van der Waals surface area contributed by atoms with E-state index >= 15 is 0 Å². The van der Waals surface area contributed by atoms with Gasteiger partial charge in [-0.1, -0.05) is 35.5 Å². The smallest absolute Gasteiger partial charge is 0.170 e. The van der Waals surface area contributed by atoms with Crippen LogP contribution in [0.1, 0.15) is 28.9 Å². The molecule has 0 saturated carbocycles. The van der Waals surface area contributed by atoms with E-state index in [-0.39, 0.29) is 5.92 Å². The van der Waals surface area contributed by atoms with Crippen LogP contribution in [0.25, 0.3) is 22.3 Å². The van der Waals surface area contributed by atoms with Gasteiger partial charge in [0.15, 0.2) is 5.76 Å². The van der Waals surface area contributed by atoms with Gasteiger partial charge in [0.25, 0.3) is 0 Å². The summed E-state index contributed by atoms with van der Waals surface area (Å²) in [4.78, 5) is 11.6. The summed E-state index contributed by atoms with van der Waals surface area (Å²) in [5.74, 6) is 0.132. The molecule has 0 spiro atoms. The molecule has 3 heterocycles. The Morgan fingerprint density at radius 1 is 1.21 bits per heavy atom. The number of fused-ring (bicyclic) bond motifs is 1. The molecule has 1 aromatic carbocycles. The highest BCUT2D eigenvalue weighted by Crippen LogP contribution is 2.31. The van der Waals surface area contributed by atoms with E-state index in [9.17, 15) is 5.11 Å². The second-order valence-electron chi connectivity index (χ2n) is 6.39. The van der Waals surface area contributed by atoms with Gasteiger partial charge >= 0.3 is 0 Å². The summed E-state index contributed by atoms with van der Waals surface area (Å²) in [5.41, 5.74) is 3.73. The summed E-state index contributed by atoms with van der Waals surface area (Å²) < 4.78 is 5.40. The van der Waals surface area contributed by atoms with Gasteiger partial charge in [-0.15, -0.1) is 0 Å². The number of hydrogen-bond donors (Lipinski definition) is 3. The Morgan fingerprint density at radius 2 is 2.04 bits per heavy atom. The molecule has 0 amide bonds. The molecular weight excluding hydrogens is 354 g/mol. The van der Waals surface area contributed by atoms with Crippen LogP contribution in [0, 0.1) is 5.41 Å². The van der Waals surface area contributed by atoms with Crippen molar-refractivity contribution in [1.29, 1.82) is 5.41 Å². The molecule has 0 radical (unpaired) electrons. The molecule has 4 rings (SSSR count). The molecule has 28 heavy (non-hydrogen) atoms. The molecule has 0 saturated heterocycles. The topological polar surface area (TPSA) is 111 Å². The Hall–Kier alpha value is -3.58. The van der Waals surface area contributed by atoms with Crippen LogP contribution in [0.2, 0.25) is 0 Å². The molecule has 0 fully saturated rings. The van der Waals surface area contributed by atoms with Crippen LogP contribution in [0.5, 0.6) is 0 Å². The second kappa shape index (κ2) is 7.58. The van der Waals surface area contributed by atoms with Gasteiger partial charge < -0.3 is 20.0 Å². The monoisotopic (exact) mass is 373 g/mol. The Bertz CT molecular complexity index is 1130. The molecule has 3 N–H and O–H groups in total. The molecule has 2 unspecified atom stereocenters. The predicted octanol–water partition coefficient (Wildman–Crippen LogP) is 3.73. The summed E-state index contributed by atoms with van der Waals surface area (Å²) in [5, 5.41) is 23.1. The summed E-state index contributed by atoms with van der Waals surface area (Å²) in [6.07, 6.45) is 5.68. The lowest BCUT2D eigenvalue weighted by molar-refractivity contribution is 0.176. The molecule has 2 atom stereocenters. The third-order valence-corrected chi connectivity index (χ3v) is 4.62. The van der Waals surface area contributed by atoms with Crippen molar-refractivity contribution in [1.82, 2.24) is 15.1 Å². The number of aliphatic hydroxyl groups is 1. The first-order chi connectivity index (χ1) is 13.7. The van der Waals surface area contributed by atoms with Crippen LogP contribution < -0.4 is 0 Å². The zero-order valence-electron chi connectivity index (χ0n) is 15.2. The number of hydrogen-bond acceptors (Lipinski definition) is 6. The van der Waals surface area contributed by atoms with Crippen molar-refractivity contribution in [2.75, 3.05) is 7.05 Å². The number of H-pyrrole nitrogens is 1. The van der Waals surface area contributed by atoms with Crippen molar-refractivity contribution in [2.45, 2.75) is 12.0 Å². The lowest BCUT2D eigenvalue weighted by Gasteiger charge is -2.06. The van der Waals surface area contributed by atoms with Gasteiger partial charge in [-0.2, -0.15) is 0 Å². The number of aromatic nitrogens is 3. The zero-order valence-corrected chi connectivity index (χ0v) is 15.2. The van der Waals surface area contributed by atoms with Crippen LogP contribution in [0.15, 0.2) is 64.4 Å². The minimum absolute atomic E-state index is 0.238. The van der Waals surface area contributed by atoms with Gasteiger partial charge in [-0.25, -0.2) is 4.98 Å². The van der Waals surface area contributed by atoms with Crippen LogP contribution in [-0.4, -0.2) is 39.7 Å². The fraction of sp³-hybridized carbons (Fsp3) is 0.143. The van der Waals surface area contributed by atoms with E-state index in [1.165, 1.54) is 6.21 Å². The molecule has 0 aliphatic carbocycles. The van der Waals surface area contributed by atoms with Crippen molar-refractivity contribution < 1.29 is 9.63 Å². The number of benzene rings is 1. The van der Waals surface area contributed by atoms with Gasteiger partial charge in [0.1, 0.15) is 17.4 Å². The first kappa shape index (κ1) is 17.8. The number of nitrogens with one attached hydrogen (secondary N) is 2. The van der Waals surface area contributed by atoms with Crippen molar-refractivity contribution in [3.05, 3.63) is 71.7 Å². The quantitative estimate of drug-likeness (QED) is 0.447. The van der Waals surface area contributed by atoms with E-state index in [0.29, 0.717) is 17.1 Å². The van der Waals surface area contributed by atoms with E-state index in [1.54, 1.807) is 25.5 Å². The Balaban J connectivity index is 1.72. The number of nitrogens with zero attached hydrogens (tertiary/aromatic N) is 3. The van der Waals surface area contributed by atoms with E-state index in [2.05, 4.69) is 20.1 Å². The second-order valence-corrected chi connectivity index (χ2v) is 6.39. The maximum Gasteiger partial charge on any atom is 0.170 e. The molecular formula is C21H19N5O2. The molecule has 140 valence electrons. The highest BCUT2D eigenvalue weighted by molar-refractivity contribution is 5.95. The standard InChI is InChI=1S/C21H19N5O2/c1-23-10-15(9-22)14-7-16-17(12-25-21(16)24-11-14)18-8-19(28-26-18)20(27)13-5-3-2-4-6-13/h2-12,15,20,22,27H,1H3,(H,24,25). The van der Waals surface area contributed by atoms with Gasteiger partial charge in [0, 0.05) is 48.9 Å². The Morgan fingerprint density at radius 3 is 2.79 bits per heavy atom. The van der Waals surface area contributed by atoms with Crippen molar-refractivity contribution in [3.8, 4) is 11.3 Å². The number of pyridine rings is 1. The van der Waals surface area contributed by atoms with Crippen molar-refractivity contribution in [2.24, 2.45) is 4.99 Å². The zero-order chi connectivity index (χ0) is 19.5. The molecule has 0 bridgehead atoms. The van der Waals surface area contributed by atoms with Crippen LogP contribution in [-0.2, 0) is 0 Å². The molecule has 7 heteroatoms. The summed E-state index contributed by atoms with van der Waals surface area (Å²) in [7, 11) is 1.68. The molecule has 0 aliphatic rings. The molecule has 4 aromatic rings. The van der Waals surface area contributed by atoms with E-state index < -0.39 is 6.10 Å². The number of rotatable bonds is 6. The first-order valence-corrected chi connectivity index (χ1v) is 8.81. The first-order valence-electron chi connectivity index (χ1n) is 8.81. The van der Waals surface area contributed by atoms with Crippen LogP contribution in [0.4, 0.5) is 0 Å². The van der Waals surface area contributed by atoms with Crippen molar-refractivity contribution >= 4 is 23.5 Å². The average molecular weight is 373 g/mol. The summed E-state index contributed by atoms with van der Waals surface area (Å²) >= 11 is 0. The van der Waals surface area contributed by atoms with E-state index in [1.807, 2.05) is 42.6 Å². The highest BCUT2D eigenvalue weighted by Gasteiger charge is 2.19. The minimum Gasteiger partial charge on any atom is -0.380 e. The SMILES string of the molecule is CN=CC(C=N)c1cnc2[nH]cc(-c3cc(C(O)c4ccccc4)on3)c2c1. The van der Waals surface area contributed by atoms with Crippen LogP contribution in [0.3, 0.4) is 0 Å². The molecule has 7 nitrogen and oxygen atoms in total. The lowest BCUT2D eigenvalue weighted by Crippen LogP contribution is -2.01. The number of aromatic amines is 1. The maximum absolute atomic E-state index is 10.5. The van der Waals surface area contributed by atoms with Crippen LogP contribution >= 0.6 is 0 Å². The van der Waals surface area contributed by atoms with Gasteiger partial charge in [-0.3, -0.25) is 4.99 Å². The fourth-order valence-electron chi connectivity index (χ4n) is 3.14. The fourth-order valence-corrected chi connectivity index (χ4v) is 3.14. The number of aliphatic imine (C=N–C) groups is 1.